The maximum absolute atomic E-state index is 13.6. The number of nitrogens with one attached hydrogen (secondary N) is 3. The number of halogens is 1. The number of carbonyl (C=O) groups is 2. The van der Waals surface area contributed by atoms with E-state index in [1.807, 2.05) is 13.8 Å². The summed E-state index contributed by atoms with van der Waals surface area (Å²) >= 11 is 0. The van der Waals surface area contributed by atoms with Gasteiger partial charge in [0.1, 0.15) is 17.2 Å². The van der Waals surface area contributed by atoms with E-state index in [0.717, 1.165) is 36.6 Å². The molecule has 1 aromatic heterocycles. The molecule has 0 radical (unpaired) electrons. The van der Waals surface area contributed by atoms with Crippen LogP contribution in [-0.4, -0.2) is 42.1 Å². The van der Waals surface area contributed by atoms with Crippen molar-refractivity contribution in [3.8, 4) is 0 Å². The van der Waals surface area contributed by atoms with Crippen molar-refractivity contribution >= 4 is 23.0 Å². The smallest absolute Gasteiger partial charge is 0.317 e. The molecule has 8 heteroatoms. The highest BCUT2D eigenvalue weighted by molar-refractivity contribution is 5.82. The Kier molecular flexibility index (Phi) is 6.86. The Labute approximate surface area is 188 Å². The van der Waals surface area contributed by atoms with Crippen LogP contribution in [0.25, 0.3) is 11.0 Å². The van der Waals surface area contributed by atoms with Gasteiger partial charge in [0.2, 0.25) is 0 Å². The Bertz CT molecular complexity index is 962. The topological polar surface area (TPSA) is 86.6 Å². The fraction of sp³-hybridized carbons (Fsp3) is 0.583. The first-order valence-electron chi connectivity index (χ1n) is 11.7. The number of amides is 4. The molecule has 2 fully saturated rings. The van der Waals surface area contributed by atoms with Crippen molar-refractivity contribution in [1.29, 1.82) is 0 Å². The lowest BCUT2D eigenvalue weighted by atomic mass is 9.96. The molecular formula is C24H33FN4O3. The van der Waals surface area contributed by atoms with Crippen LogP contribution in [0.1, 0.15) is 69.2 Å². The lowest BCUT2D eigenvalue weighted by Crippen LogP contribution is -2.52. The molecule has 3 N–H and O–H groups in total. The van der Waals surface area contributed by atoms with Crippen LogP contribution >= 0.6 is 0 Å². The fourth-order valence-electron chi connectivity index (χ4n) is 4.85. The van der Waals surface area contributed by atoms with Gasteiger partial charge >= 0.3 is 12.1 Å². The van der Waals surface area contributed by atoms with Gasteiger partial charge in [-0.15, -0.1) is 0 Å². The number of rotatable bonds is 4. The van der Waals surface area contributed by atoms with Crippen molar-refractivity contribution in [2.75, 3.05) is 13.1 Å². The highest BCUT2D eigenvalue weighted by atomic mass is 19.1. The molecule has 1 atom stereocenters. The van der Waals surface area contributed by atoms with E-state index in [0.29, 0.717) is 24.4 Å². The molecule has 2 aromatic rings. The van der Waals surface area contributed by atoms with Crippen LogP contribution in [0.3, 0.4) is 0 Å². The van der Waals surface area contributed by atoms with Crippen LogP contribution < -0.4 is 16.0 Å². The van der Waals surface area contributed by atoms with Crippen molar-refractivity contribution in [3.63, 3.8) is 0 Å². The van der Waals surface area contributed by atoms with Gasteiger partial charge in [0.05, 0.1) is 6.04 Å². The standard InChI is InChI=1S/C24H33FN4O3/c1-15-20-14-17(25)8-9-21(20)32-22(15)16(2)26-24(31)29-12-10-19(11-13-29)28-23(30)27-18-6-4-3-5-7-18/h8-9,14,16,18-19H,3-7,10-13H2,1-2H3,(H,26,31)(H2,27,28,30). The number of carbonyl (C=O) groups excluding carboxylic acids is 2. The van der Waals surface area contributed by atoms with Crippen molar-refractivity contribution in [2.45, 2.75) is 76.9 Å². The van der Waals surface area contributed by atoms with Gasteiger partial charge in [0, 0.05) is 36.1 Å². The van der Waals surface area contributed by atoms with Gasteiger partial charge in [-0.1, -0.05) is 19.3 Å². The van der Waals surface area contributed by atoms with Gasteiger partial charge in [-0.25, -0.2) is 14.0 Å². The lowest BCUT2D eigenvalue weighted by molar-refractivity contribution is 0.171. The summed E-state index contributed by atoms with van der Waals surface area (Å²) < 4.78 is 19.4. The van der Waals surface area contributed by atoms with Crippen molar-refractivity contribution in [1.82, 2.24) is 20.9 Å². The maximum Gasteiger partial charge on any atom is 0.317 e. The Morgan fingerprint density at radius 1 is 1.06 bits per heavy atom. The van der Waals surface area contributed by atoms with Crippen molar-refractivity contribution < 1.29 is 18.4 Å². The Balaban J connectivity index is 1.25. The summed E-state index contributed by atoms with van der Waals surface area (Å²) in [7, 11) is 0. The number of hydrogen-bond donors (Lipinski definition) is 3. The van der Waals surface area contributed by atoms with E-state index in [4.69, 9.17) is 4.42 Å². The molecule has 2 heterocycles. The zero-order chi connectivity index (χ0) is 22.7. The second kappa shape index (κ2) is 9.79. The molecule has 7 nitrogen and oxygen atoms in total. The summed E-state index contributed by atoms with van der Waals surface area (Å²) in [4.78, 5) is 26.8. The number of furan rings is 1. The minimum absolute atomic E-state index is 0.0765. The van der Waals surface area contributed by atoms with E-state index in [1.54, 1.807) is 11.0 Å². The average molecular weight is 445 g/mol. The molecule has 4 rings (SSSR count). The number of fused-ring (bicyclic) bond motifs is 1. The first kappa shape index (κ1) is 22.4. The summed E-state index contributed by atoms with van der Waals surface area (Å²) in [6.07, 6.45) is 7.19. The van der Waals surface area contributed by atoms with E-state index in [1.165, 1.54) is 31.4 Å². The normalized spacial score (nSPS) is 19.0. The Morgan fingerprint density at radius 3 is 2.41 bits per heavy atom. The highest BCUT2D eigenvalue weighted by Crippen LogP contribution is 2.30. The monoisotopic (exact) mass is 444 g/mol. The van der Waals surface area contributed by atoms with Gasteiger partial charge in [0.25, 0.3) is 0 Å². The summed E-state index contributed by atoms with van der Waals surface area (Å²) in [5.41, 5.74) is 1.44. The molecule has 174 valence electrons. The van der Waals surface area contributed by atoms with E-state index < -0.39 is 0 Å². The first-order chi connectivity index (χ1) is 15.4. The van der Waals surface area contributed by atoms with E-state index >= 15 is 0 Å². The predicted molar refractivity (Wildman–Crippen MR) is 121 cm³/mol. The number of urea groups is 2. The molecule has 1 saturated carbocycles. The van der Waals surface area contributed by atoms with Gasteiger partial charge < -0.3 is 25.3 Å². The minimum Gasteiger partial charge on any atom is -0.459 e. The van der Waals surface area contributed by atoms with Crippen LogP contribution in [0.15, 0.2) is 22.6 Å². The first-order valence-corrected chi connectivity index (χ1v) is 11.7. The molecule has 1 unspecified atom stereocenters. The van der Waals surface area contributed by atoms with Crippen LogP contribution in [0.4, 0.5) is 14.0 Å². The summed E-state index contributed by atoms with van der Waals surface area (Å²) in [6.45, 7) is 4.90. The number of piperidine rings is 1. The van der Waals surface area contributed by atoms with E-state index in [2.05, 4.69) is 16.0 Å². The molecule has 1 aliphatic heterocycles. The van der Waals surface area contributed by atoms with Gasteiger partial charge in [-0.2, -0.15) is 0 Å². The van der Waals surface area contributed by atoms with E-state index in [-0.39, 0.29) is 36.0 Å². The quantitative estimate of drug-likeness (QED) is 0.636. The van der Waals surface area contributed by atoms with Crippen molar-refractivity contribution in [3.05, 3.63) is 35.3 Å². The molecule has 1 aromatic carbocycles. The van der Waals surface area contributed by atoms with Gasteiger partial charge in [-0.3, -0.25) is 0 Å². The number of benzene rings is 1. The zero-order valence-corrected chi connectivity index (χ0v) is 18.9. The largest absolute Gasteiger partial charge is 0.459 e. The third-order valence-corrected chi connectivity index (χ3v) is 6.73. The fourth-order valence-corrected chi connectivity index (χ4v) is 4.85. The number of likely N-dealkylation sites (tertiary alicyclic amines) is 1. The average Bonchev–Trinajstić information content (AvgIpc) is 3.11. The third kappa shape index (κ3) is 5.16. The highest BCUT2D eigenvalue weighted by Gasteiger charge is 2.27. The predicted octanol–water partition coefficient (Wildman–Crippen LogP) is 4.75. The number of aryl methyl sites for hydroxylation is 1. The zero-order valence-electron chi connectivity index (χ0n) is 18.9. The summed E-state index contributed by atoms with van der Waals surface area (Å²) in [5, 5.41) is 9.87. The van der Waals surface area contributed by atoms with Crippen LogP contribution in [0, 0.1) is 12.7 Å². The Morgan fingerprint density at radius 2 is 1.72 bits per heavy atom. The molecule has 2 aliphatic rings. The number of nitrogens with zero attached hydrogens (tertiary/aromatic N) is 1. The van der Waals surface area contributed by atoms with E-state index in [9.17, 15) is 14.0 Å². The molecule has 0 bridgehead atoms. The molecule has 1 aliphatic carbocycles. The summed E-state index contributed by atoms with van der Waals surface area (Å²) in [6, 6.07) is 4.20. The van der Waals surface area contributed by atoms with Gasteiger partial charge in [-0.05, 0) is 57.7 Å². The molecule has 4 amide bonds. The third-order valence-electron chi connectivity index (χ3n) is 6.73. The van der Waals surface area contributed by atoms with Crippen LogP contribution in [-0.2, 0) is 0 Å². The number of hydrogen-bond acceptors (Lipinski definition) is 3. The molecule has 32 heavy (non-hydrogen) atoms. The second-order valence-corrected chi connectivity index (χ2v) is 9.12. The molecule has 0 spiro atoms. The summed E-state index contributed by atoms with van der Waals surface area (Å²) in [5.74, 6) is 0.323. The maximum atomic E-state index is 13.6. The SMILES string of the molecule is Cc1c(C(C)NC(=O)N2CCC(NC(=O)NC3CCCCC3)CC2)oc2ccc(F)cc12. The second-order valence-electron chi connectivity index (χ2n) is 9.12. The van der Waals surface area contributed by atoms with Crippen LogP contribution in [0.2, 0.25) is 0 Å². The van der Waals surface area contributed by atoms with Crippen molar-refractivity contribution in [2.24, 2.45) is 0 Å². The van der Waals surface area contributed by atoms with Crippen LogP contribution in [0.5, 0.6) is 0 Å². The molecular weight excluding hydrogens is 411 g/mol. The minimum atomic E-state index is -0.338. The Hall–Kier alpha value is -2.77. The molecule has 1 saturated heterocycles. The van der Waals surface area contributed by atoms with Gasteiger partial charge in [0.15, 0.2) is 0 Å². The lowest BCUT2D eigenvalue weighted by Gasteiger charge is -2.33.